The van der Waals surface area contributed by atoms with Crippen LogP contribution in [0.5, 0.6) is 0 Å². The number of aromatic nitrogens is 4. The molecular formula is C30H29N7O2. The molecule has 0 saturated carbocycles. The van der Waals surface area contributed by atoms with Crippen molar-refractivity contribution >= 4 is 29.8 Å². The molecule has 4 aromatic rings. The Bertz CT molecular complexity index is 1590. The number of hydrogen-bond acceptors (Lipinski definition) is 7. The second kappa shape index (κ2) is 12.4. The molecule has 3 heterocycles. The van der Waals surface area contributed by atoms with E-state index in [4.69, 9.17) is 0 Å². The number of carbonyl (C=O) groups is 1. The first-order chi connectivity index (χ1) is 18.8. The molecule has 1 atom stereocenters. The maximum absolute atomic E-state index is 12.8. The molecule has 9 heteroatoms. The van der Waals surface area contributed by atoms with E-state index in [1.807, 2.05) is 63.3 Å². The Labute approximate surface area is 226 Å². The fraction of sp³-hybridized carbons (Fsp3) is 0.133. The molecule has 1 aromatic carbocycles. The monoisotopic (exact) mass is 519 g/mol. The van der Waals surface area contributed by atoms with E-state index in [-0.39, 0.29) is 23.2 Å². The van der Waals surface area contributed by atoms with Gasteiger partial charge in [0.15, 0.2) is 5.82 Å². The summed E-state index contributed by atoms with van der Waals surface area (Å²) in [7, 11) is 0. The normalized spacial score (nSPS) is 12.5. The number of aliphatic imine (C=N–C) groups is 1. The zero-order chi connectivity index (χ0) is 27.8. The fourth-order valence-electron chi connectivity index (χ4n) is 3.68. The standard InChI is InChI=1S/C30H29N7O2/c1-19(10-12-25(31-4)22-8-6-5-7-9-22)21(3)35-30(39)26-13-11-23(18-33-26)29-34-20(2)16-27(37-29)36-24-14-15-32-28(38)17-24/h5-18,21H,4H2,1-3H3,(H,35,39)(H2,32,34,36,37,38)/b19-10+,25-12-. The molecule has 0 aliphatic carbocycles. The van der Waals surface area contributed by atoms with Gasteiger partial charge < -0.3 is 15.6 Å². The lowest BCUT2D eigenvalue weighted by Gasteiger charge is -2.14. The molecule has 0 aliphatic rings. The number of carbonyl (C=O) groups excluding carboxylic acids is 1. The lowest BCUT2D eigenvalue weighted by atomic mass is 10.1. The van der Waals surface area contributed by atoms with Crippen LogP contribution in [0.25, 0.3) is 17.1 Å². The van der Waals surface area contributed by atoms with Crippen molar-refractivity contribution in [1.29, 1.82) is 0 Å². The second-order valence-corrected chi connectivity index (χ2v) is 8.90. The summed E-state index contributed by atoms with van der Waals surface area (Å²) in [5.41, 5.74) is 4.73. The summed E-state index contributed by atoms with van der Waals surface area (Å²) >= 11 is 0. The maximum atomic E-state index is 12.8. The van der Waals surface area contributed by atoms with Crippen LogP contribution in [0.2, 0.25) is 0 Å². The first kappa shape index (κ1) is 26.9. The Morgan fingerprint density at radius 3 is 2.56 bits per heavy atom. The first-order valence-electron chi connectivity index (χ1n) is 12.3. The number of aromatic amines is 1. The van der Waals surface area contributed by atoms with Crippen LogP contribution >= 0.6 is 0 Å². The van der Waals surface area contributed by atoms with E-state index in [9.17, 15) is 9.59 Å². The van der Waals surface area contributed by atoms with Crippen molar-refractivity contribution in [3.63, 3.8) is 0 Å². The Balaban J connectivity index is 1.44. The highest BCUT2D eigenvalue weighted by Crippen LogP contribution is 2.20. The van der Waals surface area contributed by atoms with Gasteiger partial charge in [0, 0.05) is 53.1 Å². The average Bonchev–Trinajstić information content (AvgIpc) is 2.93. The summed E-state index contributed by atoms with van der Waals surface area (Å²) in [5.74, 6) is 0.695. The van der Waals surface area contributed by atoms with Gasteiger partial charge in [0.05, 0.1) is 5.70 Å². The van der Waals surface area contributed by atoms with Crippen LogP contribution in [-0.4, -0.2) is 38.6 Å². The Kier molecular flexibility index (Phi) is 8.53. The lowest BCUT2D eigenvalue weighted by Crippen LogP contribution is -2.33. The number of pyridine rings is 2. The minimum absolute atomic E-state index is 0.216. The van der Waals surface area contributed by atoms with Crippen molar-refractivity contribution in [2.75, 3.05) is 5.32 Å². The van der Waals surface area contributed by atoms with Gasteiger partial charge in [-0.05, 0) is 51.8 Å². The van der Waals surface area contributed by atoms with Gasteiger partial charge in [-0.25, -0.2) is 9.97 Å². The van der Waals surface area contributed by atoms with E-state index in [0.29, 0.717) is 22.9 Å². The van der Waals surface area contributed by atoms with Crippen LogP contribution in [0.4, 0.5) is 11.5 Å². The predicted octanol–water partition coefficient (Wildman–Crippen LogP) is 5.09. The zero-order valence-corrected chi connectivity index (χ0v) is 22.0. The number of anilines is 2. The van der Waals surface area contributed by atoms with E-state index < -0.39 is 0 Å². The fourth-order valence-corrected chi connectivity index (χ4v) is 3.68. The molecule has 3 aromatic heterocycles. The van der Waals surface area contributed by atoms with Crippen LogP contribution < -0.4 is 16.2 Å². The molecular weight excluding hydrogens is 490 g/mol. The van der Waals surface area contributed by atoms with Crippen molar-refractivity contribution in [1.82, 2.24) is 25.3 Å². The molecule has 0 saturated heterocycles. The van der Waals surface area contributed by atoms with E-state index in [1.165, 1.54) is 6.07 Å². The third-order valence-electron chi connectivity index (χ3n) is 5.93. The van der Waals surface area contributed by atoms with Crippen LogP contribution in [0.1, 0.15) is 35.6 Å². The topological polar surface area (TPSA) is 125 Å². The van der Waals surface area contributed by atoms with Gasteiger partial charge in [-0.1, -0.05) is 42.0 Å². The number of nitrogens with one attached hydrogen (secondary N) is 3. The molecule has 9 nitrogen and oxygen atoms in total. The van der Waals surface area contributed by atoms with Gasteiger partial charge in [0.1, 0.15) is 11.5 Å². The smallest absolute Gasteiger partial charge is 0.270 e. The molecule has 1 amide bonds. The van der Waals surface area contributed by atoms with Gasteiger partial charge in [-0.3, -0.25) is 19.6 Å². The van der Waals surface area contributed by atoms with Crippen molar-refractivity contribution in [2.24, 2.45) is 4.99 Å². The Morgan fingerprint density at radius 1 is 1.08 bits per heavy atom. The van der Waals surface area contributed by atoms with Gasteiger partial charge in [0.2, 0.25) is 5.56 Å². The molecule has 39 heavy (non-hydrogen) atoms. The van der Waals surface area contributed by atoms with E-state index >= 15 is 0 Å². The van der Waals surface area contributed by atoms with Gasteiger partial charge in [-0.2, -0.15) is 0 Å². The quantitative estimate of drug-likeness (QED) is 0.209. The van der Waals surface area contributed by atoms with Crippen molar-refractivity contribution in [3.8, 4) is 11.4 Å². The second-order valence-electron chi connectivity index (χ2n) is 8.90. The highest BCUT2D eigenvalue weighted by molar-refractivity contribution is 5.93. The number of aryl methyl sites for hydroxylation is 1. The minimum atomic E-state index is -0.294. The summed E-state index contributed by atoms with van der Waals surface area (Å²) in [6, 6.07) is 17.9. The number of rotatable bonds is 9. The number of benzene rings is 1. The van der Waals surface area contributed by atoms with Gasteiger partial charge in [-0.15, -0.1) is 0 Å². The minimum Gasteiger partial charge on any atom is -0.345 e. The Morgan fingerprint density at radius 2 is 1.87 bits per heavy atom. The van der Waals surface area contributed by atoms with Gasteiger partial charge in [0.25, 0.3) is 5.91 Å². The molecule has 0 aliphatic heterocycles. The zero-order valence-electron chi connectivity index (χ0n) is 22.0. The highest BCUT2D eigenvalue weighted by Gasteiger charge is 2.13. The van der Waals surface area contributed by atoms with Crippen LogP contribution in [0.15, 0.2) is 101 Å². The molecule has 4 rings (SSSR count). The molecule has 196 valence electrons. The van der Waals surface area contributed by atoms with E-state index in [0.717, 1.165) is 22.5 Å². The summed E-state index contributed by atoms with van der Waals surface area (Å²) in [4.78, 5) is 44.5. The lowest BCUT2D eigenvalue weighted by molar-refractivity contribution is 0.0940. The maximum Gasteiger partial charge on any atom is 0.270 e. The SMILES string of the molecule is C=N/C(=C\C=C(/C)C(C)NC(=O)c1ccc(-c2nc(C)cc(Nc3cc[nH]c(=O)c3)n2)cn1)c1ccccc1. The molecule has 3 N–H and O–H groups in total. The van der Waals surface area contributed by atoms with Crippen molar-refractivity contribution in [2.45, 2.75) is 26.8 Å². The summed E-state index contributed by atoms with van der Waals surface area (Å²) in [6.45, 7) is 9.36. The number of H-pyrrole nitrogens is 1. The van der Waals surface area contributed by atoms with E-state index in [2.05, 4.69) is 42.3 Å². The third kappa shape index (κ3) is 7.20. The molecule has 0 radical (unpaired) electrons. The largest absolute Gasteiger partial charge is 0.345 e. The third-order valence-corrected chi connectivity index (χ3v) is 5.93. The summed E-state index contributed by atoms with van der Waals surface area (Å²) < 4.78 is 0. The summed E-state index contributed by atoms with van der Waals surface area (Å²) in [5, 5.41) is 6.09. The van der Waals surface area contributed by atoms with Crippen LogP contribution in [0.3, 0.4) is 0 Å². The summed E-state index contributed by atoms with van der Waals surface area (Å²) in [6.07, 6.45) is 6.93. The molecule has 0 fully saturated rings. The Hall–Kier alpha value is -5.18. The average molecular weight is 520 g/mol. The predicted molar refractivity (Wildman–Crippen MR) is 155 cm³/mol. The van der Waals surface area contributed by atoms with Crippen LogP contribution in [0, 0.1) is 6.92 Å². The van der Waals surface area contributed by atoms with Crippen molar-refractivity contribution < 1.29 is 4.79 Å². The van der Waals surface area contributed by atoms with Crippen molar-refractivity contribution in [3.05, 3.63) is 118 Å². The highest BCUT2D eigenvalue weighted by atomic mass is 16.2. The van der Waals surface area contributed by atoms with E-state index in [1.54, 1.807) is 36.7 Å². The molecule has 1 unspecified atom stereocenters. The van der Waals surface area contributed by atoms with Gasteiger partial charge >= 0.3 is 0 Å². The first-order valence-corrected chi connectivity index (χ1v) is 12.3. The number of hydrogen-bond donors (Lipinski definition) is 3. The molecule has 0 spiro atoms. The number of amides is 1. The molecule has 0 bridgehead atoms. The van der Waals surface area contributed by atoms with Crippen LogP contribution in [-0.2, 0) is 0 Å². The number of nitrogens with zero attached hydrogens (tertiary/aromatic N) is 4. The number of allylic oxidation sites excluding steroid dienone is 2.